The minimum absolute atomic E-state index is 0.00103. The first-order chi connectivity index (χ1) is 16.9. The fraction of sp³-hybridized carbons (Fsp3) is 0.750. The van der Waals surface area contributed by atoms with Crippen LogP contribution < -0.4 is 0 Å². The number of carbonyl (C=O) groups is 2. The number of allylic oxidation sites excluding steroid dienone is 6. The van der Waals surface area contributed by atoms with E-state index in [1.54, 1.807) is 0 Å². The zero-order valence-electron chi connectivity index (χ0n) is 23.9. The van der Waals surface area contributed by atoms with Gasteiger partial charge in [0.1, 0.15) is 11.9 Å². The number of fused-ring (bicyclic) bond motifs is 5. The molecule has 200 valence electrons. The van der Waals surface area contributed by atoms with E-state index in [1.165, 1.54) is 37.8 Å². The molecular formula is C32H48O4. The topological polar surface area (TPSA) is 52.6 Å². The van der Waals surface area contributed by atoms with Gasteiger partial charge in [-0.25, -0.2) is 0 Å². The van der Waals surface area contributed by atoms with Gasteiger partial charge in [-0.1, -0.05) is 59.8 Å². The average Bonchev–Trinajstić information content (AvgIpc) is 3.13. The van der Waals surface area contributed by atoms with Crippen molar-refractivity contribution in [3.05, 3.63) is 35.1 Å². The van der Waals surface area contributed by atoms with Crippen LogP contribution in [0.3, 0.4) is 0 Å². The van der Waals surface area contributed by atoms with Gasteiger partial charge in [0.2, 0.25) is 0 Å². The summed E-state index contributed by atoms with van der Waals surface area (Å²) in [4.78, 5) is 23.9. The third-order valence-corrected chi connectivity index (χ3v) is 10.5. The van der Waals surface area contributed by atoms with Gasteiger partial charge in [0, 0.05) is 20.3 Å². The smallest absolute Gasteiger partial charge is 0.307 e. The van der Waals surface area contributed by atoms with E-state index in [0.29, 0.717) is 35.5 Å². The molecule has 0 spiro atoms. The van der Waals surface area contributed by atoms with Gasteiger partial charge in [0.15, 0.2) is 0 Å². The van der Waals surface area contributed by atoms with Crippen LogP contribution in [0, 0.1) is 46.3 Å². The molecule has 4 rings (SSSR count). The molecule has 4 aliphatic rings. The summed E-state index contributed by atoms with van der Waals surface area (Å²) < 4.78 is 11.7. The number of rotatable bonds is 6. The summed E-state index contributed by atoms with van der Waals surface area (Å²) >= 11 is 0. The number of esters is 2. The van der Waals surface area contributed by atoms with Crippen molar-refractivity contribution >= 4 is 11.9 Å². The van der Waals surface area contributed by atoms with Gasteiger partial charge < -0.3 is 9.47 Å². The molecule has 0 aromatic carbocycles. The van der Waals surface area contributed by atoms with E-state index in [-0.39, 0.29) is 28.9 Å². The van der Waals surface area contributed by atoms with E-state index in [4.69, 9.17) is 9.47 Å². The van der Waals surface area contributed by atoms with Crippen LogP contribution in [-0.4, -0.2) is 18.0 Å². The molecule has 0 aliphatic heterocycles. The van der Waals surface area contributed by atoms with Crippen LogP contribution in [0.15, 0.2) is 35.1 Å². The molecule has 4 aliphatic carbocycles. The fourth-order valence-electron chi connectivity index (χ4n) is 8.18. The minimum atomic E-state index is -0.216. The Kier molecular flexibility index (Phi) is 7.66. The molecule has 0 amide bonds. The van der Waals surface area contributed by atoms with Crippen LogP contribution in [0.4, 0.5) is 0 Å². The van der Waals surface area contributed by atoms with Crippen LogP contribution >= 0.6 is 0 Å². The van der Waals surface area contributed by atoms with E-state index in [0.717, 1.165) is 37.9 Å². The average molecular weight is 497 g/mol. The van der Waals surface area contributed by atoms with Crippen LogP contribution in [0.2, 0.25) is 0 Å². The highest BCUT2D eigenvalue weighted by Crippen LogP contribution is 2.66. The molecule has 0 N–H and O–H groups in total. The van der Waals surface area contributed by atoms with Gasteiger partial charge in [0.25, 0.3) is 0 Å². The summed E-state index contributed by atoms with van der Waals surface area (Å²) in [5.41, 5.74) is 2.82. The van der Waals surface area contributed by atoms with Crippen molar-refractivity contribution in [2.75, 3.05) is 0 Å². The van der Waals surface area contributed by atoms with Crippen LogP contribution in [0.1, 0.15) is 100 Å². The molecular weight excluding hydrogens is 448 g/mol. The van der Waals surface area contributed by atoms with Crippen molar-refractivity contribution in [1.29, 1.82) is 0 Å². The van der Waals surface area contributed by atoms with Gasteiger partial charge in [-0.05, 0) is 96.0 Å². The number of ether oxygens (including phenoxy) is 2. The molecule has 0 unspecified atom stereocenters. The molecule has 0 aromatic heterocycles. The summed E-state index contributed by atoms with van der Waals surface area (Å²) in [5, 5.41) is 0. The molecule has 0 radical (unpaired) electrons. The van der Waals surface area contributed by atoms with E-state index in [9.17, 15) is 9.59 Å². The lowest BCUT2D eigenvalue weighted by Crippen LogP contribution is -2.46. The maximum absolute atomic E-state index is 12.3. The van der Waals surface area contributed by atoms with E-state index in [2.05, 4.69) is 59.8 Å². The quantitative estimate of drug-likeness (QED) is 0.278. The molecule has 2 saturated carbocycles. The highest BCUT2D eigenvalue weighted by molar-refractivity contribution is 5.68. The summed E-state index contributed by atoms with van der Waals surface area (Å²) in [5.74, 6) is 3.71. The Morgan fingerprint density at radius 3 is 2.39 bits per heavy atom. The van der Waals surface area contributed by atoms with Gasteiger partial charge in [0.05, 0.1) is 0 Å². The summed E-state index contributed by atoms with van der Waals surface area (Å²) in [6.07, 6.45) is 14.3. The summed E-state index contributed by atoms with van der Waals surface area (Å²) in [6, 6.07) is 0. The van der Waals surface area contributed by atoms with Crippen molar-refractivity contribution in [3.8, 4) is 0 Å². The predicted molar refractivity (Wildman–Crippen MR) is 144 cm³/mol. The SMILES string of the molecule is CC(=O)OC1=C2C(=CC[C@H]3C[C@H](OC(C)=O)CC[C@]23C)[C@@H]2CC[C@@H]([C@H](C)/C=C/[C@H](C)C(C)C)[C@]2(C)C1. The zero-order valence-corrected chi connectivity index (χ0v) is 23.9. The van der Waals surface area contributed by atoms with Crippen LogP contribution in [0.25, 0.3) is 0 Å². The molecule has 4 nitrogen and oxygen atoms in total. The van der Waals surface area contributed by atoms with Gasteiger partial charge in [-0.2, -0.15) is 0 Å². The van der Waals surface area contributed by atoms with Crippen molar-refractivity contribution < 1.29 is 19.1 Å². The van der Waals surface area contributed by atoms with Gasteiger partial charge in [-0.15, -0.1) is 0 Å². The van der Waals surface area contributed by atoms with Gasteiger partial charge in [-0.3, -0.25) is 9.59 Å². The normalized spacial score (nSPS) is 37.6. The maximum Gasteiger partial charge on any atom is 0.307 e. The Labute approximate surface area is 219 Å². The second kappa shape index (κ2) is 10.1. The molecule has 0 saturated heterocycles. The van der Waals surface area contributed by atoms with E-state index >= 15 is 0 Å². The lowest BCUT2D eigenvalue weighted by molar-refractivity contribution is -0.150. The first-order valence-electron chi connectivity index (χ1n) is 14.3. The van der Waals surface area contributed by atoms with E-state index < -0.39 is 0 Å². The third-order valence-electron chi connectivity index (χ3n) is 10.5. The Bertz CT molecular complexity index is 971. The van der Waals surface area contributed by atoms with Crippen molar-refractivity contribution in [2.45, 2.75) is 106 Å². The number of carbonyl (C=O) groups excluding carboxylic acids is 2. The summed E-state index contributed by atoms with van der Waals surface area (Å²) in [6.45, 7) is 17.1. The number of hydrogen-bond acceptors (Lipinski definition) is 4. The minimum Gasteiger partial charge on any atom is -0.463 e. The Balaban J connectivity index is 1.68. The van der Waals surface area contributed by atoms with Gasteiger partial charge >= 0.3 is 11.9 Å². The molecule has 0 bridgehead atoms. The van der Waals surface area contributed by atoms with Crippen LogP contribution in [-0.2, 0) is 19.1 Å². The predicted octanol–water partition coefficient (Wildman–Crippen LogP) is 7.79. The fourth-order valence-corrected chi connectivity index (χ4v) is 8.18. The lowest BCUT2D eigenvalue weighted by atomic mass is 9.51. The Morgan fingerprint density at radius 2 is 1.75 bits per heavy atom. The molecule has 0 heterocycles. The Hall–Kier alpha value is -1.84. The van der Waals surface area contributed by atoms with Crippen molar-refractivity contribution in [2.24, 2.45) is 46.3 Å². The molecule has 4 heteroatoms. The molecule has 2 fully saturated rings. The van der Waals surface area contributed by atoms with Crippen LogP contribution in [0.5, 0.6) is 0 Å². The second-order valence-corrected chi connectivity index (χ2v) is 13.2. The first kappa shape index (κ1) is 27.2. The second-order valence-electron chi connectivity index (χ2n) is 13.2. The monoisotopic (exact) mass is 496 g/mol. The number of hydrogen-bond donors (Lipinski definition) is 0. The standard InChI is InChI=1S/C32H48O4/c1-19(2)20(3)9-10-21(4)27-13-14-28-26-12-11-24-17-25(35-22(5)33)15-16-31(24,7)30(26)29(36-23(6)34)18-32(27,28)8/h9-10,12,19-21,24-25,27-28H,11,13-18H2,1-8H3/b10-9+/t20-,21+,24-,25+,27-,28-,31-,32-/m0/s1. The molecule has 8 atom stereocenters. The molecule has 0 aromatic rings. The summed E-state index contributed by atoms with van der Waals surface area (Å²) in [7, 11) is 0. The third kappa shape index (κ3) is 4.86. The molecule has 36 heavy (non-hydrogen) atoms. The van der Waals surface area contributed by atoms with Crippen molar-refractivity contribution in [3.63, 3.8) is 0 Å². The maximum atomic E-state index is 12.3. The lowest BCUT2D eigenvalue weighted by Gasteiger charge is -2.54. The van der Waals surface area contributed by atoms with Crippen molar-refractivity contribution in [1.82, 2.24) is 0 Å². The largest absolute Gasteiger partial charge is 0.463 e. The zero-order chi connectivity index (χ0) is 26.4. The van der Waals surface area contributed by atoms with E-state index in [1.807, 2.05) is 0 Å². The first-order valence-corrected chi connectivity index (χ1v) is 14.3. The highest BCUT2D eigenvalue weighted by atomic mass is 16.5. The Morgan fingerprint density at radius 1 is 1.03 bits per heavy atom. The highest BCUT2D eigenvalue weighted by Gasteiger charge is 2.58.